The predicted octanol–water partition coefficient (Wildman–Crippen LogP) is 4.93. The Bertz CT molecular complexity index is 1080. The summed E-state index contributed by atoms with van der Waals surface area (Å²) in [7, 11) is 0. The molecule has 0 fully saturated rings. The normalized spacial score (nSPS) is 15.7. The van der Waals surface area contributed by atoms with Crippen LogP contribution in [0.4, 0.5) is 0 Å². The van der Waals surface area contributed by atoms with Gasteiger partial charge in [-0.2, -0.15) is 0 Å². The zero-order valence-corrected chi connectivity index (χ0v) is 16.8. The van der Waals surface area contributed by atoms with Gasteiger partial charge in [0.05, 0.1) is 23.6 Å². The third-order valence-corrected chi connectivity index (χ3v) is 5.43. The van der Waals surface area contributed by atoms with Crippen molar-refractivity contribution in [1.82, 2.24) is 4.90 Å². The third kappa shape index (κ3) is 3.41. The monoisotopic (exact) mass is 391 g/mol. The third-order valence-electron chi connectivity index (χ3n) is 5.43. The molecule has 0 saturated carbocycles. The van der Waals surface area contributed by atoms with Crippen LogP contribution in [0.1, 0.15) is 60.8 Å². The lowest BCUT2D eigenvalue weighted by molar-refractivity contribution is 0.0738. The highest BCUT2D eigenvalue weighted by atomic mass is 16.5. The Kier molecular flexibility index (Phi) is 5.38. The number of fused-ring (bicyclic) bond motifs is 2. The maximum atomic E-state index is 13.2. The molecule has 0 unspecified atom stereocenters. The van der Waals surface area contributed by atoms with Gasteiger partial charge in [0.2, 0.25) is 5.76 Å². The van der Waals surface area contributed by atoms with Gasteiger partial charge in [0.1, 0.15) is 11.3 Å². The Labute approximate surface area is 169 Å². The van der Waals surface area contributed by atoms with Crippen molar-refractivity contribution in [3.05, 3.63) is 75.6 Å². The fraction of sp³-hybridized carbons (Fsp3) is 0.333. The number of ether oxygens (including phenoxy) is 1. The van der Waals surface area contributed by atoms with E-state index in [4.69, 9.17) is 9.15 Å². The van der Waals surface area contributed by atoms with Gasteiger partial charge in [0, 0.05) is 6.54 Å². The van der Waals surface area contributed by atoms with E-state index in [1.54, 1.807) is 29.2 Å². The van der Waals surface area contributed by atoms with Crippen LogP contribution in [0.5, 0.6) is 5.75 Å². The number of hydrogen-bond donors (Lipinski definition) is 0. The molecule has 1 aliphatic rings. The first-order chi connectivity index (χ1) is 14.2. The summed E-state index contributed by atoms with van der Waals surface area (Å²) >= 11 is 0. The first-order valence-corrected chi connectivity index (χ1v) is 10.2. The number of carbonyl (C=O) groups excluding carboxylic acids is 1. The molecule has 150 valence electrons. The average molecular weight is 391 g/mol. The Balaban J connectivity index is 1.72. The van der Waals surface area contributed by atoms with Gasteiger partial charge in [-0.25, -0.2) is 0 Å². The smallest absolute Gasteiger partial charge is 0.290 e. The van der Waals surface area contributed by atoms with Crippen LogP contribution in [0.15, 0.2) is 57.7 Å². The molecule has 4 rings (SSSR count). The largest absolute Gasteiger partial charge is 0.494 e. The van der Waals surface area contributed by atoms with E-state index in [1.165, 1.54) is 0 Å². The van der Waals surface area contributed by atoms with Gasteiger partial charge in [-0.15, -0.1) is 0 Å². The molecule has 1 aromatic heterocycles. The molecule has 0 spiro atoms. The zero-order chi connectivity index (χ0) is 20.4. The molecule has 2 heterocycles. The molecule has 0 N–H and O–H groups in total. The first kappa shape index (κ1) is 19.2. The highest BCUT2D eigenvalue weighted by Gasteiger charge is 2.41. The summed E-state index contributed by atoms with van der Waals surface area (Å²) < 4.78 is 11.7. The van der Waals surface area contributed by atoms with E-state index in [0.29, 0.717) is 29.7 Å². The van der Waals surface area contributed by atoms with Gasteiger partial charge >= 0.3 is 0 Å². The van der Waals surface area contributed by atoms with Crippen LogP contribution in [0, 0.1) is 0 Å². The highest BCUT2D eigenvalue weighted by Crippen LogP contribution is 2.38. The highest BCUT2D eigenvalue weighted by molar-refractivity contribution is 5.99. The van der Waals surface area contributed by atoms with Crippen LogP contribution in [0.2, 0.25) is 0 Å². The number of benzene rings is 2. The van der Waals surface area contributed by atoms with E-state index in [-0.39, 0.29) is 17.1 Å². The van der Waals surface area contributed by atoms with Crippen molar-refractivity contribution < 1.29 is 13.9 Å². The minimum Gasteiger partial charge on any atom is -0.494 e. The maximum Gasteiger partial charge on any atom is 0.290 e. The van der Waals surface area contributed by atoms with E-state index < -0.39 is 6.04 Å². The standard InChI is InChI=1S/C24H25NO4/c1-3-5-8-15-28-17-13-11-16(12-14-17)21-20-22(26)18-9-6-7-10-19(18)29-23(20)24(27)25(21)4-2/h6-7,9-14,21H,3-5,8,15H2,1-2H3/t21-/m0/s1. The number of nitrogens with zero attached hydrogens (tertiary/aromatic N) is 1. The second-order valence-electron chi connectivity index (χ2n) is 7.29. The Morgan fingerprint density at radius 3 is 2.48 bits per heavy atom. The quantitative estimate of drug-likeness (QED) is 0.536. The van der Waals surface area contributed by atoms with Crippen molar-refractivity contribution in [3.63, 3.8) is 0 Å². The second-order valence-corrected chi connectivity index (χ2v) is 7.29. The Hall–Kier alpha value is -3.08. The van der Waals surface area contributed by atoms with E-state index in [2.05, 4.69) is 6.92 Å². The fourth-order valence-electron chi connectivity index (χ4n) is 3.93. The number of unbranched alkanes of at least 4 members (excludes halogenated alkanes) is 2. The van der Waals surface area contributed by atoms with Gasteiger partial charge in [-0.05, 0) is 43.2 Å². The van der Waals surface area contributed by atoms with E-state index >= 15 is 0 Å². The topological polar surface area (TPSA) is 59.8 Å². The predicted molar refractivity (Wildman–Crippen MR) is 112 cm³/mol. The molecular formula is C24H25NO4. The number of para-hydroxylation sites is 1. The molecule has 1 amide bonds. The van der Waals surface area contributed by atoms with E-state index in [0.717, 1.165) is 30.6 Å². The molecule has 0 bridgehead atoms. The van der Waals surface area contributed by atoms with Crippen LogP contribution >= 0.6 is 0 Å². The van der Waals surface area contributed by atoms with Crippen LogP contribution in [-0.2, 0) is 0 Å². The van der Waals surface area contributed by atoms with Gasteiger partial charge in [-0.1, -0.05) is 44.0 Å². The van der Waals surface area contributed by atoms with Gasteiger partial charge < -0.3 is 14.1 Å². The van der Waals surface area contributed by atoms with Crippen molar-refractivity contribution in [1.29, 1.82) is 0 Å². The van der Waals surface area contributed by atoms with E-state index in [1.807, 2.05) is 31.2 Å². The van der Waals surface area contributed by atoms with Gasteiger partial charge in [0.15, 0.2) is 5.43 Å². The second kappa shape index (κ2) is 8.11. The Morgan fingerprint density at radius 1 is 1.00 bits per heavy atom. The molecule has 0 aliphatic carbocycles. The minimum absolute atomic E-state index is 0.143. The average Bonchev–Trinajstić information content (AvgIpc) is 3.04. The molecular weight excluding hydrogens is 366 g/mol. The number of hydrogen-bond acceptors (Lipinski definition) is 4. The van der Waals surface area contributed by atoms with Crippen LogP contribution < -0.4 is 10.2 Å². The molecule has 0 saturated heterocycles. The van der Waals surface area contributed by atoms with Crippen molar-refractivity contribution >= 4 is 16.9 Å². The van der Waals surface area contributed by atoms with E-state index in [9.17, 15) is 9.59 Å². The van der Waals surface area contributed by atoms with Crippen LogP contribution in [0.3, 0.4) is 0 Å². The summed E-state index contributed by atoms with van der Waals surface area (Å²) in [5.74, 6) is 0.707. The number of carbonyl (C=O) groups is 1. The molecule has 1 atom stereocenters. The minimum atomic E-state index is -0.447. The van der Waals surface area contributed by atoms with Crippen LogP contribution in [0.25, 0.3) is 11.0 Å². The van der Waals surface area contributed by atoms with Crippen molar-refractivity contribution in [3.8, 4) is 5.75 Å². The number of rotatable bonds is 7. The lowest BCUT2D eigenvalue weighted by Crippen LogP contribution is -2.29. The number of amides is 1. The molecule has 2 aromatic carbocycles. The summed E-state index contributed by atoms with van der Waals surface area (Å²) in [6.07, 6.45) is 3.33. The van der Waals surface area contributed by atoms with Crippen molar-refractivity contribution in [2.75, 3.05) is 13.2 Å². The molecule has 5 heteroatoms. The first-order valence-electron chi connectivity index (χ1n) is 10.2. The lowest BCUT2D eigenvalue weighted by Gasteiger charge is -2.23. The van der Waals surface area contributed by atoms with Crippen LogP contribution in [-0.4, -0.2) is 24.0 Å². The fourth-order valence-corrected chi connectivity index (χ4v) is 3.93. The molecule has 0 radical (unpaired) electrons. The van der Waals surface area contributed by atoms with Crippen molar-refractivity contribution in [2.24, 2.45) is 0 Å². The maximum absolute atomic E-state index is 13.2. The summed E-state index contributed by atoms with van der Waals surface area (Å²) in [4.78, 5) is 27.8. The summed E-state index contributed by atoms with van der Waals surface area (Å²) in [6, 6.07) is 14.3. The SMILES string of the molecule is CCCCCOc1ccc([C@H]2c3c(oc4ccccc4c3=O)C(=O)N2CC)cc1. The summed E-state index contributed by atoms with van der Waals surface area (Å²) in [5, 5.41) is 0.498. The molecule has 5 nitrogen and oxygen atoms in total. The lowest BCUT2D eigenvalue weighted by atomic mass is 9.98. The molecule has 29 heavy (non-hydrogen) atoms. The zero-order valence-electron chi connectivity index (χ0n) is 16.8. The Morgan fingerprint density at radius 2 is 1.76 bits per heavy atom. The summed E-state index contributed by atoms with van der Waals surface area (Å²) in [5.41, 5.74) is 1.60. The molecule has 1 aliphatic heterocycles. The summed E-state index contributed by atoms with van der Waals surface area (Å²) in [6.45, 7) is 5.24. The van der Waals surface area contributed by atoms with Gasteiger partial charge in [-0.3, -0.25) is 9.59 Å². The molecule has 3 aromatic rings. The van der Waals surface area contributed by atoms with Gasteiger partial charge in [0.25, 0.3) is 5.91 Å². The van der Waals surface area contributed by atoms with Crippen molar-refractivity contribution in [2.45, 2.75) is 39.2 Å².